The van der Waals surface area contributed by atoms with Gasteiger partial charge in [-0.25, -0.2) is 0 Å². The van der Waals surface area contributed by atoms with E-state index >= 15 is 0 Å². The summed E-state index contributed by atoms with van der Waals surface area (Å²) in [7, 11) is -2.05. The minimum Gasteiger partial charge on any atom is -0.493 e. The highest BCUT2D eigenvalue weighted by Crippen LogP contribution is 2.28. The minimum atomic E-state index is -3.51. The molecule has 1 aromatic rings. The number of rotatable bonds is 3. The van der Waals surface area contributed by atoms with E-state index in [-0.39, 0.29) is 5.75 Å². The summed E-state index contributed by atoms with van der Waals surface area (Å²) in [5.74, 6) is 0.621. The van der Waals surface area contributed by atoms with Crippen LogP contribution in [0.15, 0.2) is 18.2 Å². The van der Waals surface area contributed by atoms with Gasteiger partial charge in [0.05, 0.1) is 13.4 Å². The first-order valence-electron chi connectivity index (χ1n) is 5.96. The van der Waals surface area contributed by atoms with E-state index in [2.05, 4.69) is 0 Å². The Bertz CT molecular complexity index is 425. The number of methoxy groups -OCH3 is 1. The van der Waals surface area contributed by atoms with Gasteiger partial charge in [-0.2, -0.15) is 8.42 Å². The Hall–Kier alpha value is -1.23. The van der Waals surface area contributed by atoms with Crippen molar-refractivity contribution in [2.45, 2.75) is 34.6 Å². The molecule has 1 rings (SSSR count). The lowest BCUT2D eigenvalue weighted by Crippen LogP contribution is -2.06. The molecular formula is C13H24O4S. The Morgan fingerprint density at radius 3 is 1.89 bits per heavy atom. The average Bonchev–Trinajstić information content (AvgIpc) is 2.32. The average molecular weight is 276 g/mol. The van der Waals surface area contributed by atoms with Gasteiger partial charge in [-0.1, -0.05) is 33.8 Å². The van der Waals surface area contributed by atoms with Gasteiger partial charge >= 0.3 is 10.1 Å². The second-order valence-electron chi connectivity index (χ2n) is 2.94. The van der Waals surface area contributed by atoms with E-state index in [1.54, 1.807) is 12.1 Å². The van der Waals surface area contributed by atoms with Gasteiger partial charge in [0.15, 0.2) is 11.5 Å². The number of hydrogen-bond acceptors (Lipinski definition) is 4. The van der Waals surface area contributed by atoms with Gasteiger partial charge in [-0.15, -0.1) is 0 Å². The highest BCUT2D eigenvalue weighted by Gasteiger charge is 2.10. The number of aryl methyl sites for hydroxylation is 1. The summed E-state index contributed by atoms with van der Waals surface area (Å²) >= 11 is 0. The second kappa shape index (κ2) is 9.76. The van der Waals surface area contributed by atoms with Gasteiger partial charge in [0.2, 0.25) is 0 Å². The molecule has 18 heavy (non-hydrogen) atoms. The van der Waals surface area contributed by atoms with E-state index in [0.717, 1.165) is 11.8 Å². The van der Waals surface area contributed by atoms with Gasteiger partial charge in [0, 0.05) is 0 Å². The van der Waals surface area contributed by atoms with E-state index in [1.807, 2.05) is 40.7 Å². The molecule has 0 saturated carbocycles. The minimum absolute atomic E-state index is 0.218. The van der Waals surface area contributed by atoms with Crippen molar-refractivity contribution in [3.05, 3.63) is 23.8 Å². The normalized spacial score (nSPS) is 9.28. The first-order valence-corrected chi connectivity index (χ1v) is 7.78. The molecule has 0 amide bonds. The predicted octanol–water partition coefficient (Wildman–Crippen LogP) is 3.39. The Balaban J connectivity index is 0. The number of benzene rings is 1. The molecule has 4 nitrogen and oxygen atoms in total. The molecule has 1 aromatic carbocycles. The highest BCUT2D eigenvalue weighted by molar-refractivity contribution is 7.86. The standard InChI is InChI=1S/C9H12O4S.2C2H6/c1-7-4-5-8(12-2)9(6-7)13-14(3,10)11;2*1-2/h4-6H,1-3H3;2*1-2H3. The fourth-order valence-electron chi connectivity index (χ4n) is 1.01. The molecule has 0 aliphatic heterocycles. The zero-order valence-corrected chi connectivity index (χ0v) is 13.1. The van der Waals surface area contributed by atoms with Crippen LogP contribution in [0.3, 0.4) is 0 Å². The molecule has 0 radical (unpaired) electrons. The molecule has 0 aliphatic rings. The fourth-order valence-corrected chi connectivity index (χ4v) is 1.47. The summed E-state index contributed by atoms with van der Waals surface area (Å²) in [4.78, 5) is 0. The van der Waals surface area contributed by atoms with Crippen LogP contribution in [-0.4, -0.2) is 21.8 Å². The van der Waals surface area contributed by atoms with Gasteiger partial charge < -0.3 is 8.92 Å². The third kappa shape index (κ3) is 7.95. The quantitative estimate of drug-likeness (QED) is 0.794. The van der Waals surface area contributed by atoms with Crippen LogP contribution in [0.25, 0.3) is 0 Å². The maximum atomic E-state index is 10.9. The third-order valence-corrected chi connectivity index (χ3v) is 2.04. The van der Waals surface area contributed by atoms with Gasteiger partial charge in [-0.05, 0) is 24.6 Å². The van der Waals surface area contributed by atoms with E-state index in [4.69, 9.17) is 8.92 Å². The SMILES string of the molecule is CC.CC.COc1ccc(C)cc1OS(C)(=O)=O. The molecule has 0 atom stereocenters. The Morgan fingerprint density at radius 1 is 1.00 bits per heavy atom. The van der Waals surface area contributed by atoms with Crippen LogP contribution in [0.4, 0.5) is 0 Å². The fraction of sp³-hybridized carbons (Fsp3) is 0.538. The van der Waals surface area contributed by atoms with E-state index in [9.17, 15) is 8.42 Å². The molecule has 0 aliphatic carbocycles. The van der Waals surface area contributed by atoms with E-state index in [1.165, 1.54) is 7.11 Å². The Morgan fingerprint density at radius 2 is 1.50 bits per heavy atom. The lowest BCUT2D eigenvalue weighted by atomic mass is 10.2. The lowest BCUT2D eigenvalue weighted by molar-refractivity contribution is 0.391. The smallest absolute Gasteiger partial charge is 0.306 e. The summed E-state index contributed by atoms with van der Waals surface area (Å²) in [6.07, 6.45) is 0.995. The van der Waals surface area contributed by atoms with Crippen LogP contribution in [0.1, 0.15) is 33.3 Å². The van der Waals surface area contributed by atoms with Crippen LogP contribution in [-0.2, 0) is 10.1 Å². The van der Waals surface area contributed by atoms with E-state index in [0.29, 0.717) is 5.75 Å². The zero-order chi connectivity index (χ0) is 14.8. The second-order valence-corrected chi connectivity index (χ2v) is 4.52. The molecule has 0 saturated heterocycles. The zero-order valence-electron chi connectivity index (χ0n) is 12.3. The van der Waals surface area contributed by atoms with Crippen molar-refractivity contribution < 1.29 is 17.3 Å². The molecule has 0 fully saturated rings. The van der Waals surface area contributed by atoms with Crippen molar-refractivity contribution in [2.75, 3.05) is 13.4 Å². The first-order chi connectivity index (χ1) is 8.42. The molecule has 5 heteroatoms. The molecule has 0 N–H and O–H groups in total. The Labute approximate surface area is 111 Å². The van der Waals surface area contributed by atoms with Crippen LogP contribution < -0.4 is 8.92 Å². The summed E-state index contributed by atoms with van der Waals surface area (Å²) in [6.45, 7) is 9.84. The summed E-state index contributed by atoms with van der Waals surface area (Å²) < 4.78 is 31.5. The van der Waals surface area contributed by atoms with Crippen molar-refractivity contribution in [3.8, 4) is 11.5 Å². The van der Waals surface area contributed by atoms with Crippen molar-refractivity contribution in [3.63, 3.8) is 0 Å². The van der Waals surface area contributed by atoms with Gasteiger partial charge in [0.1, 0.15) is 0 Å². The van der Waals surface area contributed by atoms with Gasteiger partial charge in [0.25, 0.3) is 0 Å². The topological polar surface area (TPSA) is 52.6 Å². The Kier molecular flexibility index (Phi) is 10.4. The van der Waals surface area contributed by atoms with Gasteiger partial charge in [-0.3, -0.25) is 0 Å². The van der Waals surface area contributed by atoms with Crippen LogP contribution >= 0.6 is 0 Å². The molecule has 0 aromatic heterocycles. The van der Waals surface area contributed by atoms with Crippen molar-refractivity contribution in [2.24, 2.45) is 0 Å². The highest BCUT2D eigenvalue weighted by atomic mass is 32.2. The molecular weight excluding hydrogens is 252 g/mol. The van der Waals surface area contributed by atoms with Crippen molar-refractivity contribution >= 4 is 10.1 Å². The maximum absolute atomic E-state index is 10.9. The largest absolute Gasteiger partial charge is 0.493 e. The maximum Gasteiger partial charge on any atom is 0.306 e. The number of ether oxygens (including phenoxy) is 1. The van der Waals surface area contributed by atoms with Crippen LogP contribution in [0.2, 0.25) is 0 Å². The summed E-state index contributed by atoms with van der Waals surface area (Å²) in [5.41, 5.74) is 0.907. The molecule has 106 valence electrons. The first kappa shape index (κ1) is 19.1. The molecule has 0 bridgehead atoms. The van der Waals surface area contributed by atoms with E-state index < -0.39 is 10.1 Å². The van der Waals surface area contributed by atoms with Crippen LogP contribution in [0, 0.1) is 6.92 Å². The van der Waals surface area contributed by atoms with Crippen molar-refractivity contribution in [1.29, 1.82) is 0 Å². The monoisotopic (exact) mass is 276 g/mol. The van der Waals surface area contributed by atoms with Crippen molar-refractivity contribution in [1.82, 2.24) is 0 Å². The number of hydrogen-bond donors (Lipinski definition) is 0. The molecule has 0 unspecified atom stereocenters. The molecule has 0 heterocycles. The summed E-state index contributed by atoms with van der Waals surface area (Å²) in [6, 6.07) is 5.09. The lowest BCUT2D eigenvalue weighted by Gasteiger charge is -2.08. The molecule has 0 spiro atoms. The third-order valence-electron chi connectivity index (χ3n) is 1.56. The van der Waals surface area contributed by atoms with Crippen LogP contribution in [0.5, 0.6) is 11.5 Å². The summed E-state index contributed by atoms with van der Waals surface area (Å²) in [5, 5.41) is 0. The predicted molar refractivity (Wildman–Crippen MR) is 75.9 cm³/mol.